The Morgan fingerprint density at radius 1 is 1.33 bits per heavy atom. The van der Waals surface area contributed by atoms with Crippen LogP contribution < -0.4 is 0 Å². The lowest BCUT2D eigenvalue weighted by Crippen LogP contribution is -2.13. The maximum Gasteiger partial charge on any atom is 0.177 e. The van der Waals surface area contributed by atoms with Gasteiger partial charge in [0, 0.05) is 12.6 Å². The molecule has 4 rings (SSSR count). The van der Waals surface area contributed by atoms with Crippen molar-refractivity contribution in [2.45, 2.75) is 39.0 Å². The molecule has 0 amide bonds. The Morgan fingerprint density at radius 3 is 3.00 bits per heavy atom. The van der Waals surface area contributed by atoms with Gasteiger partial charge in [0.25, 0.3) is 0 Å². The number of hydrogen-bond acceptors (Lipinski definition) is 2. The molecule has 2 aromatic rings. The fourth-order valence-electron chi connectivity index (χ4n) is 4.05. The average molecular weight is 241 g/mol. The summed E-state index contributed by atoms with van der Waals surface area (Å²) >= 11 is 0. The van der Waals surface area contributed by atoms with Gasteiger partial charge in [-0.15, -0.1) is 0 Å². The zero-order chi connectivity index (χ0) is 12.1. The molecule has 2 saturated carbocycles. The van der Waals surface area contributed by atoms with E-state index >= 15 is 0 Å². The van der Waals surface area contributed by atoms with E-state index in [0.717, 1.165) is 41.2 Å². The fraction of sp³-hybridized carbons (Fsp3) is 0.600. The predicted octanol–water partition coefficient (Wildman–Crippen LogP) is 3.25. The second kappa shape index (κ2) is 3.81. The van der Waals surface area contributed by atoms with Gasteiger partial charge in [-0.1, -0.05) is 6.42 Å². The van der Waals surface area contributed by atoms with Crippen LogP contribution in [0.3, 0.4) is 0 Å². The van der Waals surface area contributed by atoms with Crippen LogP contribution in [-0.2, 0) is 6.42 Å². The third-order valence-corrected chi connectivity index (χ3v) is 4.99. The lowest BCUT2D eigenvalue weighted by atomic mass is 9.86. The van der Waals surface area contributed by atoms with E-state index in [2.05, 4.69) is 21.9 Å². The molecule has 0 saturated heterocycles. The minimum atomic E-state index is 0.865. The minimum absolute atomic E-state index is 0.865. The van der Waals surface area contributed by atoms with Crippen LogP contribution in [-0.4, -0.2) is 15.0 Å². The summed E-state index contributed by atoms with van der Waals surface area (Å²) in [4.78, 5) is 12.5. The highest BCUT2D eigenvalue weighted by Gasteiger charge is 2.39. The fourth-order valence-corrected chi connectivity index (χ4v) is 4.05. The van der Waals surface area contributed by atoms with Crippen molar-refractivity contribution < 1.29 is 0 Å². The molecule has 2 fully saturated rings. The predicted molar refractivity (Wildman–Crippen MR) is 71.3 cm³/mol. The zero-order valence-corrected chi connectivity index (χ0v) is 10.8. The molecule has 0 aliphatic heterocycles. The van der Waals surface area contributed by atoms with E-state index in [1.54, 1.807) is 0 Å². The van der Waals surface area contributed by atoms with Gasteiger partial charge >= 0.3 is 0 Å². The number of aromatic nitrogens is 3. The number of aromatic amines is 1. The number of rotatable bonds is 2. The molecular formula is C15H19N3. The average Bonchev–Trinajstić information content (AvgIpc) is 3.03. The topological polar surface area (TPSA) is 41.6 Å². The van der Waals surface area contributed by atoms with Crippen LogP contribution in [0.2, 0.25) is 0 Å². The number of H-pyrrole nitrogens is 1. The summed E-state index contributed by atoms with van der Waals surface area (Å²) in [6.45, 7) is 2.11. The van der Waals surface area contributed by atoms with Crippen LogP contribution in [0, 0.1) is 24.7 Å². The number of imidazole rings is 1. The minimum Gasteiger partial charge on any atom is -0.340 e. The maximum absolute atomic E-state index is 4.65. The Labute approximate surface area is 107 Å². The van der Waals surface area contributed by atoms with Crippen LogP contribution in [0.25, 0.3) is 11.2 Å². The first kappa shape index (κ1) is 10.5. The van der Waals surface area contributed by atoms with Crippen LogP contribution >= 0.6 is 0 Å². The van der Waals surface area contributed by atoms with Crippen LogP contribution in [0.4, 0.5) is 0 Å². The Bertz CT molecular complexity index is 586. The summed E-state index contributed by atoms with van der Waals surface area (Å²) in [7, 11) is 0. The van der Waals surface area contributed by atoms with Crippen LogP contribution in [0.15, 0.2) is 12.3 Å². The van der Waals surface area contributed by atoms with Gasteiger partial charge in [0.1, 0.15) is 5.82 Å². The summed E-state index contributed by atoms with van der Waals surface area (Å²) < 4.78 is 0. The van der Waals surface area contributed by atoms with Crippen molar-refractivity contribution in [3.05, 3.63) is 23.7 Å². The standard InChI is InChI=1S/C15H19N3/c1-9-4-5-16-15-14(9)17-13(18-15)8-12-7-10-2-3-11(12)6-10/h4-5,10-12H,2-3,6-8H2,1H3,(H,16,17,18). The van der Waals surface area contributed by atoms with E-state index in [1.165, 1.54) is 31.2 Å². The molecule has 0 aromatic carbocycles. The third kappa shape index (κ3) is 1.57. The summed E-state index contributed by atoms with van der Waals surface area (Å²) in [5.74, 6) is 4.00. The molecule has 0 spiro atoms. The molecule has 2 bridgehead atoms. The number of aryl methyl sites for hydroxylation is 1. The molecule has 3 nitrogen and oxygen atoms in total. The lowest BCUT2D eigenvalue weighted by molar-refractivity contribution is 0.327. The van der Waals surface area contributed by atoms with Gasteiger partial charge in [0.15, 0.2) is 5.65 Å². The Balaban J connectivity index is 1.61. The van der Waals surface area contributed by atoms with E-state index in [0.29, 0.717) is 0 Å². The molecule has 3 unspecified atom stereocenters. The summed E-state index contributed by atoms with van der Waals surface area (Å²) in [6, 6.07) is 2.04. The molecule has 3 atom stereocenters. The smallest absolute Gasteiger partial charge is 0.177 e. The molecule has 2 heterocycles. The van der Waals surface area contributed by atoms with E-state index in [-0.39, 0.29) is 0 Å². The second-order valence-electron chi connectivity index (χ2n) is 6.15. The van der Waals surface area contributed by atoms with Crippen LogP contribution in [0.5, 0.6) is 0 Å². The van der Waals surface area contributed by atoms with E-state index in [1.807, 2.05) is 12.3 Å². The number of nitrogens with one attached hydrogen (secondary N) is 1. The zero-order valence-electron chi connectivity index (χ0n) is 10.8. The first-order chi connectivity index (χ1) is 8.79. The van der Waals surface area contributed by atoms with Crippen molar-refractivity contribution in [2.75, 3.05) is 0 Å². The van der Waals surface area contributed by atoms with Gasteiger partial charge in [-0.2, -0.15) is 0 Å². The van der Waals surface area contributed by atoms with Gasteiger partial charge in [-0.25, -0.2) is 9.97 Å². The molecule has 2 aromatic heterocycles. The Kier molecular flexibility index (Phi) is 2.23. The molecule has 2 aliphatic rings. The second-order valence-corrected chi connectivity index (χ2v) is 6.15. The van der Waals surface area contributed by atoms with E-state index in [4.69, 9.17) is 0 Å². The quantitative estimate of drug-likeness (QED) is 0.877. The van der Waals surface area contributed by atoms with E-state index in [9.17, 15) is 0 Å². The maximum atomic E-state index is 4.65. The van der Waals surface area contributed by atoms with Gasteiger partial charge in [-0.05, 0) is 55.6 Å². The van der Waals surface area contributed by atoms with Crippen molar-refractivity contribution >= 4 is 11.2 Å². The van der Waals surface area contributed by atoms with E-state index < -0.39 is 0 Å². The third-order valence-electron chi connectivity index (χ3n) is 4.99. The molecule has 0 radical (unpaired) electrons. The molecular weight excluding hydrogens is 222 g/mol. The summed E-state index contributed by atoms with van der Waals surface area (Å²) in [6.07, 6.45) is 8.79. The van der Waals surface area contributed by atoms with Crippen molar-refractivity contribution in [3.63, 3.8) is 0 Å². The number of nitrogens with zero attached hydrogens (tertiary/aromatic N) is 2. The highest BCUT2D eigenvalue weighted by Crippen LogP contribution is 2.49. The number of hydrogen-bond donors (Lipinski definition) is 1. The SMILES string of the molecule is Cc1ccnc2nc(CC3CC4CCC3C4)[nH]c12. The van der Waals surface area contributed by atoms with Crippen molar-refractivity contribution in [1.82, 2.24) is 15.0 Å². The van der Waals surface area contributed by atoms with Gasteiger partial charge < -0.3 is 4.98 Å². The number of fused-ring (bicyclic) bond motifs is 3. The largest absolute Gasteiger partial charge is 0.340 e. The highest BCUT2D eigenvalue weighted by molar-refractivity contribution is 5.74. The molecule has 94 valence electrons. The molecule has 3 heteroatoms. The highest BCUT2D eigenvalue weighted by atomic mass is 15.0. The first-order valence-electron chi connectivity index (χ1n) is 7.10. The first-order valence-corrected chi connectivity index (χ1v) is 7.10. The van der Waals surface area contributed by atoms with Gasteiger partial charge in [-0.3, -0.25) is 0 Å². The van der Waals surface area contributed by atoms with Crippen molar-refractivity contribution in [3.8, 4) is 0 Å². The van der Waals surface area contributed by atoms with Crippen LogP contribution in [0.1, 0.15) is 37.1 Å². The number of pyridine rings is 1. The summed E-state index contributed by atoms with van der Waals surface area (Å²) in [5.41, 5.74) is 3.25. The molecule has 2 aliphatic carbocycles. The Morgan fingerprint density at radius 2 is 2.28 bits per heavy atom. The normalized spacial score (nSPS) is 30.4. The van der Waals surface area contributed by atoms with Crippen molar-refractivity contribution in [1.29, 1.82) is 0 Å². The molecule has 1 N–H and O–H groups in total. The van der Waals surface area contributed by atoms with Gasteiger partial charge in [0.05, 0.1) is 5.52 Å². The Hall–Kier alpha value is -1.38. The molecule has 18 heavy (non-hydrogen) atoms. The monoisotopic (exact) mass is 241 g/mol. The lowest BCUT2D eigenvalue weighted by Gasteiger charge is -2.20. The summed E-state index contributed by atoms with van der Waals surface area (Å²) in [5, 5.41) is 0. The van der Waals surface area contributed by atoms with Crippen molar-refractivity contribution in [2.24, 2.45) is 17.8 Å². The van der Waals surface area contributed by atoms with Gasteiger partial charge in [0.2, 0.25) is 0 Å².